The maximum atomic E-state index is 12.8. The summed E-state index contributed by atoms with van der Waals surface area (Å²) in [4.78, 5) is 16.3. The van der Waals surface area contributed by atoms with Crippen molar-refractivity contribution in [2.24, 2.45) is 0 Å². The summed E-state index contributed by atoms with van der Waals surface area (Å²) >= 11 is 1.60. The third-order valence-electron chi connectivity index (χ3n) is 4.77. The summed E-state index contributed by atoms with van der Waals surface area (Å²) in [6, 6.07) is 20.3. The number of anilines is 2. The average molecular weight is 362 g/mol. The Hall–Kier alpha value is -2.59. The van der Waals surface area contributed by atoms with Crippen molar-refractivity contribution in [2.45, 2.75) is 19.3 Å². The van der Waals surface area contributed by atoms with E-state index in [0.29, 0.717) is 5.56 Å². The minimum Gasteiger partial charge on any atom is -0.370 e. The van der Waals surface area contributed by atoms with Crippen LogP contribution in [0.3, 0.4) is 0 Å². The number of para-hydroxylation sites is 2. The Morgan fingerprint density at radius 1 is 0.923 bits per heavy atom. The van der Waals surface area contributed by atoms with E-state index < -0.39 is 0 Å². The minimum absolute atomic E-state index is 0.0482. The number of carbonyl (C=O) groups is 1. The van der Waals surface area contributed by atoms with Crippen LogP contribution >= 0.6 is 11.3 Å². The average Bonchev–Trinajstić information content (AvgIpc) is 3.20. The standard InChI is InChI=1S/C22H22N2OS/c25-22(18-15-21(26-16-18)17-9-3-1-4-10-17)23-19-11-5-6-12-20(19)24-13-7-2-8-14-24/h1,3-6,9-12,15-16H,2,7-8,13-14H2,(H,23,25). The van der Waals surface area contributed by atoms with Gasteiger partial charge in [-0.3, -0.25) is 4.79 Å². The van der Waals surface area contributed by atoms with Gasteiger partial charge in [0.05, 0.1) is 16.9 Å². The lowest BCUT2D eigenvalue weighted by atomic mass is 10.1. The van der Waals surface area contributed by atoms with Gasteiger partial charge in [-0.15, -0.1) is 11.3 Å². The van der Waals surface area contributed by atoms with Crippen molar-refractivity contribution in [2.75, 3.05) is 23.3 Å². The van der Waals surface area contributed by atoms with Gasteiger partial charge >= 0.3 is 0 Å². The molecule has 3 nitrogen and oxygen atoms in total. The van der Waals surface area contributed by atoms with Crippen LogP contribution in [0.2, 0.25) is 0 Å². The summed E-state index contributed by atoms with van der Waals surface area (Å²) in [5.41, 5.74) is 3.87. The fraction of sp³-hybridized carbons (Fsp3) is 0.227. The highest BCUT2D eigenvalue weighted by atomic mass is 32.1. The summed E-state index contributed by atoms with van der Waals surface area (Å²) in [6.45, 7) is 2.12. The van der Waals surface area contributed by atoms with Crippen LogP contribution in [-0.2, 0) is 0 Å². The topological polar surface area (TPSA) is 32.3 Å². The fourth-order valence-electron chi connectivity index (χ4n) is 3.39. The van der Waals surface area contributed by atoms with Gasteiger partial charge < -0.3 is 10.2 Å². The van der Waals surface area contributed by atoms with Crippen molar-refractivity contribution in [3.8, 4) is 10.4 Å². The molecule has 4 heteroatoms. The van der Waals surface area contributed by atoms with Crippen LogP contribution in [0, 0.1) is 0 Å². The highest BCUT2D eigenvalue weighted by Gasteiger charge is 2.16. The van der Waals surface area contributed by atoms with Gasteiger partial charge in [-0.1, -0.05) is 42.5 Å². The predicted molar refractivity (Wildman–Crippen MR) is 110 cm³/mol. The second-order valence-electron chi connectivity index (χ2n) is 6.58. The molecule has 3 aromatic rings. The van der Waals surface area contributed by atoms with Gasteiger partial charge in [0.2, 0.25) is 0 Å². The monoisotopic (exact) mass is 362 g/mol. The molecule has 0 radical (unpaired) electrons. The Balaban J connectivity index is 1.53. The molecule has 2 heterocycles. The van der Waals surface area contributed by atoms with Crippen molar-refractivity contribution < 1.29 is 4.79 Å². The zero-order valence-corrected chi connectivity index (χ0v) is 15.5. The molecular weight excluding hydrogens is 340 g/mol. The Kier molecular flexibility index (Phi) is 5.02. The van der Waals surface area contributed by atoms with E-state index in [1.54, 1.807) is 11.3 Å². The van der Waals surface area contributed by atoms with Crippen LogP contribution in [-0.4, -0.2) is 19.0 Å². The second-order valence-corrected chi connectivity index (χ2v) is 7.50. The molecule has 1 fully saturated rings. The largest absolute Gasteiger partial charge is 0.370 e. The lowest BCUT2D eigenvalue weighted by Crippen LogP contribution is -2.30. The number of amides is 1. The summed E-state index contributed by atoms with van der Waals surface area (Å²) in [5.74, 6) is -0.0482. The Bertz CT molecular complexity index is 882. The molecule has 1 aliphatic heterocycles. The van der Waals surface area contributed by atoms with E-state index in [0.717, 1.165) is 34.9 Å². The molecule has 0 bridgehead atoms. The molecule has 1 aliphatic rings. The molecule has 0 aliphatic carbocycles. The summed E-state index contributed by atoms with van der Waals surface area (Å²) in [5, 5.41) is 5.05. The first-order chi connectivity index (χ1) is 12.8. The van der Waals surface area contributed by atoms with Crippen LogP contribution in [0.5, 0.6) is 0 Å². The van der Waals surface area contributed by atoms with Crippen LogP contribution < -0.4 is 10.2 Å². The summed E-state index contributed by atoms with van der Waals surface area (Å²) < 4.78 is 0. The van der Waals surface area contributed by atoms with Gasteiger partial charge in [-0.2, -0.15) is 0 Å². The SMILES string of the molecule is O=C(Nc1ccccc1N1CCCCC1)c1csc(-c2ccccc2)c1. The van der Waals surface area contributed by atoms with Gasteiger partial charge in [0.1, 0.15) is 0 Å². The van der Waals surface area contributed by atoms with Gasteiger partial charge in [0.25, 0.3) is 5.91 Å². The van der Waals surface area contributed by atoms with Crippen molar-refractivity contribution in [3.05, 3.63) is 71.6 Å². The van der Waals surface area contributed by atoms with E-state index in [-0.39, 0.29) is 5.91 Å². The number of hydrogen-bond donors (Lipinski definition) is 1. The molecule has 0 atom stereocenters. The normalized spacial score (nSPS) is 14.2. The third kappa shape index (κ3) is 3.65. The molecule has 1 aromatic heterocycles. The number of piperidine rings is 1. The van der Waals surface area contributed by atoms with Crippen molar-refractivity contribution in [3.63, 3.8) is 0 Å². The van der Waals surface area contributed by atoms with E-state index in [1.807, 2.05) is 47.8 Å². The number of nitrogens with zero attached hydrogens (tertiary/aromatic N) is 1. The molecule has 1 N–H and O–H groups in total. The fourth-order valence-corrected chi connectivity index (χ4v) is 4.29. The number of thiophene rings is 1. The molecule has 0 unspecified atom stereocenters. The summed E-state index contributed by atoms with van der Waals surface area (Å²) in [6.07, 6.45) is 3.72. The quantitative estimate of drug-likeness (QED) is 0.650. The molecule has 0 spiro atoms. The van der Waals surface area contributed by atoms with Crippen molar-refractivity contribution >= 4 is 28.6 Å². The zero-order chi connectivity index (χ0) is 17.8. The predicted octanol–water partition coefficient (Wildman–Crippen LogP) is 5.66. The second kappa shape index (κ2) is 7.75. The molecule has 1 amide bonds. The maximum absolute atomic E-state index is 12.8. The van der Waals surface area contributed by atoms with E-state index in [4.69, 9.17) is 0 Å². The van der Waals surface area contributed by atoms with E-state index in [9.17, 15) is 4.79 Å². The van der Waals surface area contributed by atoms with Crippen LogP contribution in [0.4, 0.5) is 11.4 Å². The zero-order valence-electron chi connectivity index (χ0n) is 14.7. The number of nitrogens with one attached hydrogen (secondary N) is 1. The van der Waals surface area contributed by atoms with Crippen LogP contribution in [0.1, 0.15) is 29.6 Å². The number of carbonyl (C=O) groups excluding carboxylic acids is 1. The van der Waals surface area contributed by atoms with Crippen LogP contribution in [0.15, 0.2) is 66.0 Å². The van der Waals surface area contributed by atoms with Crippen molar-refractivity contribution in [1.29, 1.82) is 0 Å². The highest BCUT2D eigenvalue weighted by molar-refractivity contribution is 7.13. The lowest BCUT2D eigenvalue weighted by molar-refractivity contribution is 0.102. The first-order valence-corrected chi connectivity index (χ1v) is 9.98. The molecular formula is C22H22N2OS. The van der Waals surface area contributed by atoms with Gasteiger partial charge in [0, 0.05) is 23.3 Å². The minimum atomic E-state index is -0.0482. The van der Waals surface area contributed by atoms with E-state index >= 15 is 0 Å². The van der Waals surface area contributed by atoms with E-state index in [2.05, 4.69) is 28.4 Å². The van der Waals surface area contributed by atoms with Gasteiger partial charge in [-0.25, -0.2) is 0 Å². The molecule has 4 rings (SSSR count). The number of rotatable bonds is 4. The Morgan fingerprint density at radius 2 is 1.65 bits per heavy atom. The Morgan fingerprint density at radius 3 is 2.46 bits per heavy atom. The van der Waals surface area contributed by atoms with Gasteiger partial charge in [-0.05, 0) is 43.0 Å². The molecule has 132 valence electrons. The molecule has 1 saturated heterocycles. The Labute approximate surface area is 158 Å². The maximum Gasteiger partial charge on any atom is 0.256 e. The number of hydrogen-bond acceptors (Lipinski definition) is 3. The first kappa shape index (κ1) is 16.9. The molecule has 2 aromatic carbocycles. The number of benzene rings is 2. The van der Waals surface area contributed by atoms with Gasteiger partial charge in [0.15, 0.2) is 0 Å². The third-order valence-corrected chi connectivity index (χ3v) is 5.75. The summed E-state index contributed by atoms with van der Waals surface area (Å²) in [7, 11) is 0. The lowest BCUT2D eigenvalue weighted by Gasteiger charge is -2.30. The highest BCUT2D eigenvalue weighted by Crippen LogP contribution is 2.30. The first-order valence-electron chi connectivity index (χ1n) is 9.10. The molecule has 26 heavy (non-hydrogen) atoms. The smallest absolute Gasteiger partial charge is 0.256 e. The molecule has 0 saturated carbocycles. The van der Waals surface area contributed by atoms with Crippen molar-refractivity contribution in [1.82, 2.24) is 0 Å². The van der Waals surface area contributed by atoms with Crippen LogP contribution in [0.25, 0.3) is 10.4 Å². The van der Waals surface area contributed by atoms with E-state index in [1.165, 1.54) is 19.3 Å².